The molecule has 0 fully saturated rings. The molecule has 4 aromatic rings. The third kappa shape index (κ3) is 2.87. The summed E-state index contributed by atoms with van der Waals surface area (Å²) in [6.07, 6.45) is 3.03. The van der Waals surface area contributed by atoms with Gasteiger partial charge < -0.3 is 4.42 Å². The summed E-state index contributed by atoms with van der Waals surface area (Å²) in [5, 5.41) is 2.48. The molecule has 2 aromatic carbocycles. The average Bonchev–Trinajstić information content (AvgIpc) is 3.10. The summed E-state index contributed by atoms with van der Waals surface area (Å²) < 4.78 is 6.81. The van der Waals surface area contributed by atoms with Gasteiger partial charge >= 0.3 is 0 Å². The van der Waals surface area contributed by atoms with E-state index in [4.69, 9.17) is 9.40 Å². The van der Waals surface area contributed by atoms with Crippen LogP contribution in [0.3, 0.4) is 0 Å². The van der Waals surface area contributed by atoms with Crippen LogP contribution in [0.15, 0.2) is 47.0 Å². The first-order valence-electron chi connectivity index (χ1n) is 11.7. The molecule has 0 saturated heterocycles. The van der Waals surface area contributed by atoms with Gasteiger partial charge in [-0.1, -0.05) is 84.9 Å². The Morgan fingerprint density at radius 2 is 1.61 bits per heavy atom. The van der Waals surface area contributed by atoms with Crippen molar-refractivity contribution in [1.82, 2.24) is 4.98 Å². The van der Waals surface area contributed by atoms with Gasteiger partial charge in [0.2, 0.25) is 0 Å². The van der Waals surface area contributed by atoms with Crippen LogP contribution in [0.5, 0.6) is 0 Å². The molecule has 1 unspecified atom stereocenters. The minimum absolute atomic E-state index is 0.135. The molecule has 0 bridgehead atoms. The van der Waals surface area contributed by atoms with Crippen molar-refractivity contribution < 1.29 is 4.42 Å². The molecule has 1 aliphatic carbocycles. The normalized spacial score (nSPS) is 15.8. The molecule has 2 heteroatoms. The predicted octanol–water partition coefficient (Wildman–Crippen LogP) is 8.25. The van der Waals surface area contributed by atoms with Crippen LogP contribution in [-0.2, 0) is 11.8 Å². The maximum Gasteiger partial charge on any atom is 0.142 e. The number of fused-ring (bicyclic) bond motifs is 2. The topological polar surface area (TPSA) is 26.0 Å². The van der Waals surface area contributed by atoms with Gasteiger partial charge in [0.1, 0.15) is 11.2 Å². The Hall–Kier alpha value is -2.61. The molecule has 0 N–H and O–H groups in total. The third-order valence-electron chi connectivity index (χ3n) is 7.39. The number of furan rings is 1. The number of hydrogen-bond donors (Lipinski definition) is 0. The number of hydrogen-bond acceptors (Lipinski definition) is 2. The lowest BCUT2D eigenvalue weighted by Crippen LogP contribution is -2.20. The highest BCUT2D eigenvalue weighted by Crippen LogP contribution is 2.51. The Labute approximate surface area is 185 Å². The number of nitrogens with zero attached hydrogens (tertiary/aromatic N) is 1. The summed E-state index contributed by atoms with van der Waals surface area (Å²) >= 11 is 0. The molecule has 2 aromatic heterocycles. The molecule has 2 nitrogen and oxygen atoms in total. The number of benzene rings is 2. The lowest BCUT2D eigenvalue weighted by Gasteiger charge is -2.28. The minimum atomic E-state index is -0.135. The van der Waals surface area contributed by atoms with Crippen molar-refractivity contribution in [1.29, 1.82) is 0 Å². The maximum absolute atomic E-state index is 6.81. The highest BCUT2D eigenvalue weighted by molar-refractivity contribution is 6.16. The first-order valence-corrected chi connectivity index (χ1v) is 11.7. The van der Waals surface area contributed by atoms with E-state index >= 15 is 0 Å². The second-order valence-electron chi connectivity index (χ2n) is 10.6. The fourth-order valence-electron chi connectivity index (χ4n) is 5.35. The molecule has 0 aliphatic heterocycles. The van der Waals surface area contributed by atoms with Crippen molar-refractivity contribution in [3.8, 4) is 11.3 Å². The van der Waals surface area contributed by atoms with E-state index in [1.54, 1.807) is 0 Å². The van der Waals surface area contributed by atoms with Gasteiger partial charge in [0.05, 0.1) is 11.1 Å². The van der Waals surface area contributed by atoms with Gasteiger partial charge in [0.25, 0.3) is 0 Å². The van der Waals surface area contributed by atoms with Crippen molar-refractivity contribution in [2.24, 2.45) is 11.8 Å². The largest absolute Gasteiger partial charge is 0.455 e. The van der Waals surface area contributed by atoms with Gasteiger partial charge in [-0.25, -0.2) is 0 Å². The van der Waals surface area contributed by atoms with Crippen molar-refractivity contribution in [2.45, 2.75) is 66.2 Å². The summed E-state index contributed by atoms with van der Waals surface area (Å²) in [5.74, 6) is 1.52. The second-order valence-corrected chi connectivity index (χ2v) is 10.6. The van der Waals surface area contributed by atoms with Crippen LogP contribution in [0, 0.1) is 11.8 Å². The molecule has 2 heterocycles. The second kappa shape index (κ2) is 6.95. The van der Waals surface area contributed by atoms with Crippen LogP contribution in [0.4, 0.5) is 0 Å². The standard InChI is InChI=1S/C29H33NO/c1-16(2)14-19-15-30-26-21-10-8-9-11-22(21)29(6,7)23-13-12-20(18(5)17(3)4)28-24(23)25(26)27(19)31-28/h8-13,15-18H,14H2,1-7H3. The van der Waals surface area contributed by atoms with Gasteiger partial charge in [-0.05, 0) is 40.9 Å². The number of aromatic nitrogens is 1. The van der Waals surface area contributed by atoms with Crippen LogP contribution in [0.2, 0.25) is 0 Å². The van der Waals surface area contributed by atoms with Crippen LogP contribution in [0.25, 0.3) is 33.2 Å². The van der Waals surface area contributed by atoms with E-state index in [1.165, 1.54) is 38.6 Å². The zero-order valence-corrected chi connectivity index (χ0v) is 19.8. The number of pyridine rings is 1. The average molecular weight is 412 g/mol. The monoisotopic (exact) mass is 411 g/mol. The summed E-state index contributed by atoms with van der Waals surface area (Å²) in [5.41, 5.74) is 9.47. The van der Waals surface area contributed by atoms with E-state index in [1.807, 2.05) is 0 Å². The summed E-state index contributed by atoms with van der Waals surface area (Å²) in [6.45, 7) is 16.1. The van der Waals surface area contributed by atoms with Crippen LogP contribution in [-0.4, -0.2) is 4.98 Å². The first-order chi connectivity index (χ1) is 14.7. The molecule has 160 valence electrons. The molecule has 1 aliphatic rings. The Kier molecular flexibility index (Phi) is 4.55. The molecule has 1 atom stereocenters. The Morgan fingerprint density at radius 1 is 0.871 bits per heavy atom. The zero-order chi connectivity index (χ0) is 22.1. The van der Waals surface area contributed by atoms with Crippen LogP contribution in [0.1, 0.15) is 76.6 Å². The summed E-state index contributed by atoms with van der Waals surface area (Å²) in [6, 6.07) is 13.4. The highest BCUT2D eigenvalue weighted by atomic mass is 16.3. The molecular formula is C29H33NO. The molecule has 0 spiro atoms. The Morgan fingerprint density at radius 3 is 2.32 bits per heavy atom. The van der Waals surface area contributed by atoms with Crippen molar-refractivity contribution in [3.05, 3.63) is 64.8 Å². The summed E-state index contributed by atoms with van der Waals surface area (Å²) in [7, 11) is 0. The van der Waals surface area contributed by atoms with E-state index in [2.05, 4.69) is 91.1 Å². The van der Waals surface area contributed by atoms with Crippen LogP contribution < -0.4 is 0 Å². The number of rotatable bonds is 4. The van der Waals surface area contributed by atoms with Gasteiger partial charge in [0.15, 0.2) is 0 Å². The van der Waals surface area contributed by atoms with Crippen molar-refractivity contribution in [3.63, 3.8) is 0 Å². The van der Waals surface area contributed by atoms with Crippen molar-refractivity contribution >= 4 is 21.9 Å². The van der Waals surface area contributed by atoms with Gasteiger partial charge in [0, 0.05) is 28.1 Å². The van der Waals surface area contributed by atoms with E-state index in [-0.39, 0.29) is 5.41 Å². The Balaban J connectivity index is 2.00. The van der Waals surface area contributed by atoms with E-state index in [9.17, 15) is 0 Å². The predicted molar refractivity (Wildman–Crippen MR) is 131 cm³/mol. The smallest absolute Gasteiger partial charge is 0.142 e. The van der Waals surface area contributed by atoms with E-state index in [0.717, 1.165) is 23.3 Å². The van der Waals surface area contributed by atoms with Gasteiger partial charge in [-0.3, -0.25) is 4.98 Å². The first kappa shape index (κ1) is 20.3. The van der Waals surface area contributed by atoms with Gasteiger partial charge in [-0.15, -0.1) is 0 Å². The van der Waals surface area contributed by atoms with Crippen LogP contribution >= 0.6 is 0 Å². The SMILES string of the molecule is CC(C)Cc1cnc2c3c1oc1c(C(C)C(C)C)ccc(c13)C(C)(C)c1ccccc1-2. The van der Waals surface area contributed by atoms with E-state index in [0.29, 0.717) is 17.8 Å². The lowest BCUT2D eigenvalue weighted by atomic mass is 9.75. The molecule has 0 radical (unpaired) electrons. The van der Waals surface area contributed by atoms with Crippen molar-refractivity contribution in [2.75, 3.05) is 0 Å². The molecule has 31 heavy (non-hydrogen) atoms. The maximum atomic E-state index is 6.81. The molecule has 5 rings (SSSR count). The van der Waals surface area contributed by atoms with Gasteiger partial charge in [-0.2, -0.15) is 0 Å². The lowest BCUT2D eigenvalue weighted by molar-refractivity contribution is 0.528. The summed E-state index contributed by atoms with van der Waals surface area (Å²) in [4.78, 5) is 5.06. The third-order valence-corrected chi connectivity index (χ3v) is 7.39. The Bertz CT molecular complexity index is 1310. The van der Waals surface area contributed by atoms with E-state index < -0.39 is 0 Å². The molecular weight excluding hydrogens is 378 g/mol. The molecule has 0 amide bonds. The molecule has 0 saturated carbocycles. The zero-order valence-electron chi connectivity index (χ0n) is 19.8. The highest BCUT2D eigenvalue weighted by Gasteiger charge is 2.35. The minimum Gasteiger partial charge on any atom is -0.455 e. The fourth-order valence-corrected chi connectivity index (χ4v) is 5.35. The fraction of sp³-hybridized carbons (Fsp3) is 0.414. The quantitative estimate of drug-likeness (QED) is 0.338.